The summed E-state index contributed by atoms with van der Waals surface area (Å²) in [5, 5.41) is 2.85. The number of rotatable bonds is 7. The largest absolute Gasteiger partial charge is 0.324 e. The first kappa shape index (κ1) is 20.0. The maximum Gasteiger partial charge on any atom is 0.245 e. The highest BCUT2D eigenvalue weighted by molar-refractivity contribution is 7.92. The van der Waals surface area contributed by atoms with Gasteiger partial charge in [0.25, 0.3) is 0 Å². The van der Waals surface area contributed by atoms with Crippen LogP contribution in [0.15, 0.2) is 42.5 Å². The van der Waals surface area contributed by atoms with E-state index in [0.29, 0.717) is 17.8 Å². The number of amides is 1. The molecule has 0 radical (unpaired) electrons. The van der Waals surface area contributed by atoms with Crippen LogP contribution < -0.4 is 9.62 Å². The van der Waals surface area contributed by atoms with Gasteiger partial charge in [0.15, 0.2) is 0 Å². The van der Waals surface area contributed by atoms with Gasteiger partial charge in [0.05, 0.1) is 11.9 Å². The summed E-state index contributed by atoms with van der Waals surface area (Å²) in [6.45, 7) is 5.58. The minimum Gasteiger partial charge on any atom is -0.324 e. The summed E-state index contributed by atoms with van der Waals surface area (Å²) in [6.07, 6.45) is 2.60. The molecule has 0 aliphatic carbocycles. The van der Waals surface area contributed by atoms with Crippen molar-refractivity contribution in [3.63, 3.8) is 0 Å². The van der Waals surface area contributed by atoms with Crippen LogP contribution in [0.1, 0.15) is 30.5 Å². The van der Waals surface area contributed by atoms with Crippen molar-refractivity contribution in [3.8, 4) is 0 Å². The molecule has 0 unspecified atom stereocenters. The van der Waals surface area contributed by atoms with E-state index in [0.717, 1.165) is 29.4 Å². The molecule has 5 nitrogen and oxygen atoms in total. The predicted octanol–water partition coefficient (Wildman–Crippen LogP) is 3.52. The number of hydrogen-bond acceptors (Lipinski definition) is 3. The zero-order valence-corrected chi connectivity index (χ0v) is 16.6. The molecule has 2 rings (SSSR count). The van der Waals surface area contributed by atoms with Crippen LogP contribution in [0.2, 0.25) is 0 Å². The van der Waals surface area contributed by atoms with Gasteiger partial charge in [0, 0.05) is 5.69 Å². The van der Waals surface area contributed by atoms with Crippen LogP contribution in [0.5, 0.6) is 0 Å². The van der Waals surface area contributed by atoms with Crippen LogP contribution in [-0.2, 0) is 27.7 Å². The lowest BCUT2D eigenvalue weighted by Gasteiger charge is -2.26. The number of sulfonamides is 1. The number of carbonyl (C=O) groups excluding carboxylic acids is 1. The Labute approximate surface area is 156 Å². The third-order valence-electron chi connectivity index (χ3n) is 4.31. The number of aryl methyl sites for hydroxylation is 3. The summed E-state index contributed by atoms with van der Waals surface area (Å²) < 4.78 is 26.0. The van der Waals surface area contributed by atoms with E-state index in [4.69, 9.17) is 0 Å². The van der Waals surface area contributed by atoms with Crippen molar-refractivity contribution >= 4 is 27.3 Å². The normalized spacial score (nSPS) is 11.2. The maximum atomic E-state index is 12.6. The Hall–Kier alpha value is -2.34. The molecule has 1 amide bonds. The summed E-state index contributed by atoms with van der Waals surface area (Å²) in [4.78, 5) is 12.6. The van der Waals surface area contributed by atoms with E-state index >= 15 is 0 Å². The number of benzene rings is 2. The Morgan fingerprint density at radius 2 is 1.62 bits per heavy atom. The lowest BCUT2D eigenvalue weighted by Crippen LogP contribution is -2.38. The molecule has 0 spiro atoms. The van der Waals surface area contributed by atoms with Crippen LogP contribution in [0, 0.1) is 6.92 Å². The fourth-order valence-corrected chi connectivity index (χ4v) is 3.94. The summed E-state index contributed by atoms with van der Waals surface area (Å²) >= 11 is 0. The summed E-state index contributed by atoms with van der Waals surface area (Å²) in [5.41, 5.74) is 4.05. The van der Waals surface area contributed by atoms with E-state index in [1.54, 1.807) is 0 Å². The molecular formula is C20H26N2O3S. The van der Waals surface area contributed by atoms with E-state index in [9.17, 15) is 13.2 Å². The second-order valence-electron chi connectivity index (χ2n) is 6.26. The van der Waals surface area contributed by atoms with E-state index in [1.165, 1.54) is 4.31 Å². The molecule has 2 aromatic rings. The first-order valence-electron chi connectivity index (χ1n) is 8.71. The minimum absolute atomic E-state index is 0.255. The summed E-state index contributed by atoms with van der Waals surface area (Å²) in [5.74, 6) is -0.360. The van der Waals surface area contributed by atoms with Gasteiger partial charge in [-0.1, -0.05) is 50.2 Å². The molecule has 0 heterocycles. The van der Waals surface area contributed by atoms with Crippen LogP contribution in [0.25, 0.3) is 0 Å². The fourth-order valence-electron chi connectivity index (χ4n) is 2.99. The number of para-hydroxylation sites is 2. The van der Waals surface area contributed by atoms with E-state index in [2.05, 4.69) is 5.32 Å². The van der Waals surface area contributed by atoms with Crippen molar-refractivity contribution < 1.29 is 13.2 Å². The third kappa shape index (κ3) is 4.64. The van der Waals surface area contributed by atoms with Gasteiger partial charge < -0.3 is 5.32 Å². The Kier molecular flexibility index (Phi) is 6.42. The molecule has 1 N–H and O–H groups in total. The van der Waals surface area contributed by atoms with Gasteiger partial charge in [-0.2, -0.15) is 0 Å². The molecule has 0 bridgehead atoms. The van der Waals surface area contributed by atoms with Crippen LogP contribution >= 0.6 is 0 Å². The van der Waals surface area contributed by atoms with E-state index in [-0.39, 0.29) is 12.5 Å². The van der Waals surface area contributed by atoms with Crippen molar-refractivity contribution in [2.75, 3.05) is 22.4 Å². The molecule has 6 heteroatoms. The van der Waals surface area contributed by atoms with E-state index in [1.807, 2.05) is 63.2 Å². The molecule has 0 fully saturated rings. The number of nitrogens with zero attached hydrogens (tertiary/aromatic N) is 1. The quantitative estimate of drug-likeness (QED) is 0.806. The monoisotopic (exact) mass is 374 g/mol. The highest BCUT2D eigenvalue weighted by Crippen LogP contribution is 2.28. The van der Waals surface area contributed by atoms with Crippen molar-refractivity contribution in [1.82, 2.24) is 0 Å². The average molecular weight is 375 g/mol. The van der Waals surface area contributed by atoms with Gasteiger partial charge in [-0.05, 0) is 42.5 Å². The third-order valence-corrected chi connectivity index (χ3v) is 5.42. The zero-order valence-electron chi connectivity index (χ0n) is 15.7. The van der Waals surface area contributed by atoms with E-state index < -0.39 is 10.0 Å². The Morgan fingerprint density at radius 3 is 2.23 bits per heavy atom. The van der Waals surface area contributed by atoms with Crippen molar-refractivity contribution in [2.24, 2.45) is 0 Å². The average Bonchev–Trinajstić information content (AvgIpc) is 2.59. The lowest BCUT2D eigenvalue weighted by atomic mass is 10.1. The molecular weight excluding hydrogens is 348 g/mol. The topological polar surface area (TPSA) is 66.5 Å². The smallest absolute Gasteiger partial charge is 0.245 e. The van der Waals surface area contributed by atoms with Crippen LogP contribution in [0.4, 0.5) is 11.4 Å². The van der Waals surface area contributed by atoms with Gasteiger partial charge in [0.2, 0.25) is 15.9 Å². The second kappa shape index (κ2) is 8.36. The number of anilines is 2. The summed E-state index contributed by atoms with van der Waals surface area (Å²) in [7, 11) is -3.60. The first-order chi connectivity index (χ1) is 12.3. The van der Waals surface area contributed by atoms with Crippen molar-refractivity contribution in [3.05, 3.63) is 59.2 Å². The molecule has 0 aliphatic heterocycles. The predicted molar refractivity (Wildman–Crippen MR) is 107 cm³/mol. The van der Waals surface area contributed by atoms with Gasteiger partial charge in [0.1, 0.15) is 6.54 Å². The van der Waals surface area contributed by atoms with Crippen LogP contribution in [0.3, 0.4) is 0 Å². The van der Waals surface area contributed by atoms with Crippen molar-refractivity contribution in [1.29, 1.82) is 0 Å². The second-order valence-corrected chi connectivity index (χ2v) is 8.17. The molecule has 0 saturated carbocycles. The fraction of sp³-hybridized carbons (Fsp3) is 0.350. The molecule has 140 valence electrons. The molecule has 0 atom stereocenters. The van der Waals surface area contributed by atoms with Gasteiger partial charge in [-0.3, -0.25) is 9.10 Å². The Bertz CT molecular complexity index is 892. The zero-order chi connectivity index (χ0) is 19.3. The summed E-state index contributed by atoms with van der Waals surface area (Å²) in [6, 6.07) is 13.2. The molecule has 2 aromatic carbocycles. The minimum atomic E-state index is -3.60. The maximum absolute atomic E-state index is 12.6. The Balaban J connectivity index is 2.34. The SMILES string of the molecule is CCc1ccccc1NC(=O)CN(c1c(C)cccc1CC)S(C)(=O)=O. The number of carbonyl (C=O) groups is 1. The molecule has 0 aromatic heterocycles. The Morgan fingerprint density at radius 1 is 1.00 bits per heavy atom. The number of hydrogen-bond donors (Lipinski definition) is 1. The first-order valence-corrected chi connectivity index (χ1v) is 10.6. The van der Waals surface area contributed by atoms with Crippen molar-refractivity contribution in [2.45, 2.75) is 33.6 Å². The standard InChI is InChI=1S/C20H26N2O3S/c1-5-16-11-7-8-13-18(16)21-19(23)14-22(26(4,24)25)20-15(3)10-9-12-17(20)6-2/h7-13H,5-6,14H2,1-4H3,(H,21,23). The molecule has 0 saturated heterocycles. The molecule has 26 heavy (non-hydrogen) atoms. The highest BCUT2D eigenvalue weighted by Gasteiger charge is 2.24. The highest BCUT2D eigenvalue weighted by atomic mass is 32.2. The molecule has 0 aliphatic rings. The number of nitrogens with one attached hydrogen (secondary N) is 1. The van der Waals surface area contributed by atoms with Gasteiger partial charge in [-0.25, -0.2) is 8.42 Å². The van der Waals surface area contributed by atoms with Gasteiger partial charge >= 0.3 is 0 Å². The van der Waals surface area contributed by atoms with Gasteiger partial charge in [-0.15, -0.1) is 0 Å². The van der Waals surface area contributed by atoms with Crippen LogP contribution in [-0.4, -0.2) is 27.1 Å². The lowest BCUT2D eigenvalue weighted by molar-refractivity contribution is -0.114.